The van der Waals surface area contributed by atoms with Crippen LogP contribution in [0.1, 0.15) is 40.1 Å². The predicted octanol–water partition coefficient (Wildman–Crippen LogP) is -1.57. The van der Waals surface area contributed by atoms with Crippen LogP contribution in [0.25, 0.3) is 0 Å². The van der Waals surface area contributed by atoms with Gasteiger partial charge in [-0.05, 0) is 45.1 Å². The smallest absolute Gasteiger partial charge is 1.00 e. The minimum atomic E-state index is -1.26. The first-order chi connectivity index (χ1) is 16.6. The summed E-state index contributed by atoms with van der Waals surface area (Å²) >= 11 is 0. The molecule has 0 saturated carbocycles. The number of aryl methyl sites for hydroxylation is 1. The number of benzene rings is 1. The maximum absolute atomic E-state index is 12.7. The van der Waals surface area contributed by atoms with E-state index in [2.05, 4.69) is 5.32 Å². The monoisotopic (exact) mass is 532 g/mol. The summed E-state index contributed by atoms with van der Waals surface area (Å²) in [5, 5.41) is 27.9. The third kappa shape index (κ3) is 12.7. The standard InChI is InChI=1S/C20H28N2O5.C4H4O4.K.H/c1-3-27-20(26)16(12-11-15-8-5-4-6-9-15)21-14(2)18(23)22-13-7-10-17(22)19(24)25;5-3(6)1-2-4(7)8;;/h4-6,8-9,14,16-17,21H,3,7,10-13H2,1-2H3,(H,24,25);1-2H,(H,5,6)(H,7,8);;/q;;+1;-1/t14-,16-,17-;;;/m0.../s1. The number of ether oxygens (including phenoxy) is 1. The van der Waals surface area contributed by atoms with Gasteiger partial charge < -0.3 is 26.4 Å². The topological polar surface area (TPSA) is 171 Å². The Morgan fingerprint density at radius 3 is 2.19 bits per heavy atom. The van der Waals surface area contributed by atoms with Gasteiger partial charge in [-0.25, -0.2) is 14.4 Å². The molecule has 12 heteroatoms. The summed E-state index contributed by atoms with van der Waals surface area (Å²) in [4.78, 5) is 56.8. The number of nitrogens with one attached hydrogen (secondary N) is 1. The number of hydrogen-bond donors (Lipinski definition) is 4. The van der Waals surface area contributed by atoms with E-state index in [1.54, 1.807) is 13.8 Å². The average molecular weight is 533 g/mol. The number of nitrogens with zero attached hydrogens (tertiary/aromatic N) is 1. The van der Waals surface area contributed by atoms with Crippen molar-refractivity contribution >= 4 is 29.8 Å². The van der Waals surface area contributed by atoms with Crippen molar-refractivity contribution in [2.75, 3.05) is 13.2 Å². The number of hydrogen-bond acceptors (Lipinski definition) is 7. The first-order valence-electron chi connectivity index (χ1n) is 11.2. The van der Waals surface area contributed by atoms with E-state index in [4.69, 9.17) is 14.9 Å². The van der Waals surface area contributed by atoms with Crippen LogP contribution in [-0.4, -0.2) is 81.3 Å². The van der Waals surface area contributed by atoms with Crippen LogP contribution in [0.4, 0.5) is 0 Å². The molecular formula is C24H33KN2O9. The van der Waals surface area contributed by atoms with Crippen molar-refractivity contribution in [2.45, 2.75) is 57.7 Å². The fourth-order valence-electron chi connectivity index (χ4n) is 3.52. The number of carboxylic acids is 3. The Labute approximate surface area is 253 Å². The number of amides is 1. The molecule has 0 spiro atoms. The molecule has 1 aliphatic heterocycles. The van der Waals surface area contributed by atoms with Gasteiger partial charge in [-0.3, -0.25) is 14.9 Å². The van der Waals surface area contributed by atoms with E-state index in [0.717, 1.165) is 5.56 Å². The first kappa shape index (κ1) is 33.9. The average Bonchev–Trinajstić information content (AvgIpc) is 3.31. The molecule has 0 aliphatic carbocycles. The Kier molecular flexibility index (Phi) is 17.1. The van der Waals surface area contributed by atoms with Crippen LogP contribution in [0.2, 0.25) is 0 Å². The van der Waals surface area contributed by atoms with Gasteiger partial charge in [0.05, 0.1) is 12.6 Å². The third-order valence-corrected chi connectivity index (χ3v) is 5.15. The Balaban J connectivity index is 0. The zero-order chi connectivity index (χ0) is 26.4. The second kappa shape index (κ2) is 18.2. The van der Waals surface area contributed by atoms with Crippen LogP contribution in [0.15, 0.2) is 42.5 Å². The van der Waals surface area contributed by atoms with Gasteiger partial charge in [0.25, 0.3) is 0 Å². The molecule has 2 rings (SSSR count). The van der Waals surface area contributed by atoms with E-state index < -0.39 is 42.0 Å². The second-order valence-corrected chi connectivity index (χ2v) is 7.75. The SMILES string of the molecule is CCOC(=O)[C@H](CCc1ccccc1)N[C@@H](C)C(=O)N1CCC[C@H]1C(=O)O.O=C(O)C=CC(=O)O.[H-].[K+]. The summed E-state index contributed by atoms with van der Waals surface area (Å²) in [5.41, 5.74) is 1.10. The van der Waals surface area contributed by atoms with Crippen molar-refractivity contribution in [1.82, 2.24) is 10.2 Å². The van der Waals surface area contributed by atoms with Crippen molar-refractivity contribution in [3.05, 3.63) is 48.0 Å². The Hall–Kier alpha value is -2.09. The van der Waals surface area contributed by atoms with Crippen molar-refractivity contribution in [3.8, 4) is 0 Å². The summed E-state index contributed by atoms with van der Waals surface area (Å²) in [6, 6.07) is 7.69. The summed E-state index contributed by atoms with van der Waals surface area (Å²) in [6.07, 6.45) is 3.40. The van der Waals surface area contributed by atoms with E-state index in [1.807, 2.05) is 30.3 Å². The Morgan fingerprint density at radius 2 is 1.69 bits per heavy atom. The maximum Gasteiger partial charge on any atom is 1.00 e. The number of likely N-dealkylation sites (tertiary alicyclic amines) is 1. The molecule has 1 aromatic rings. The number of carbonyl (C=O) groups is 5. The van der Waals surface area contributed by atoms with Crippen LogP contribution in [0, 0.1) is 0 Å². The van der Waals surface area contributed by atoms with Crippen molar-refractivity contribution in [2.24, 2.45) is 0 Å². The van der Waals surface area contributed by atoms with Gasteiger partial charge >= 0.3 is 75.3 Å². The number of carboxylic acid groups (broad SMARTS) is 3. The van der Waals surface area contributed by atoms with Crippen LogP contribution in [0.5, 0.6) is 0 Å². The molecule has 0 aromatic heterocycles. The van der Waals surface area contributed by atoms with Gasteiger partial charge in [-0.15, -0.1) is 0 Å². The van der Waals surface area contributed by atoms with E-state index in [-0.39, 0.29) is 65.3 Å². The Bertz CT molecular complexity index is 899. The molecule has 0 radical (unpaired) electrons. The third-order valence-electron chi connectivity index (χ3n) is 5.15. The molecule has 4 N–H and O–H groups in total. The van der Waals surface area contributed by atoms with E-state index in [1.165, 1.54) is 4.90 Å². The van der Waals surface area contributed by atoms with E-state index in [0.29, 0.717) is 44.4 Å². The minimum absolute atomic E-state index is 0. The molecule has 194 valence electrons. The summed E-state index contributed by atoms with van der Waals surface area (Å²) in [5.74, 6) is -4.20. The molecule has 1 aromatic carbocycles. The first-order valence-corrected chi connectivity index (χ1v) is 11.2. The normalized spacial score (nSPS) is 16.2. The van der Waals surface area contributed by atoms with Gasteiger partial charge in [-0.1, -0.05) is 30.3 Å². The largest absolute Gasteiger partial charge is 1.00 e. The van der Waals surface area contributed by atoms with Gasteiger partial charge in [0.2, 0.25) is 5.91 Å². The summed E-state index contributed by atoms with van der Waals surface area (Å²) in [6.45, 7) is 4.09. The van der Waals surface area contributed by atoms with Crippen molar-refractivity contribution in [1.29, 1.82) is 0 Å². The molecule has 3 atom stereocenters. The zero-order valence-corrected chi connectivity index (χ0v) is 23.9. The quantitative estimate of drug-likeness (QED) is 0.148. The van der Waals surface area contributed by atoms with Crippen LogP contribution in [0.3, 0.4) is 0 Å². The fourth-order valence-corrected chi connectivity index (χ4v) is 3.52. The number of esters is 1. The molecule has 0 unspecified atom stereocenters. The molecule has 1 fully saturated rings. The zero-order valence-electron chi connectivity index (χ0n) is 21.8. The molecule has 1 amide bonds. The Morgan fingerprint density at radius 1 is 1.11 bits per heavy atom. The molecular weight excluding hydrogens is 499 g/mol. The molecule has 0 bridgehead atoms. The van der Waals surface area contributed by atoms with Gasteiger partial charge in [0.15, 0.2) is 0 Å². The van der Waals surface area contributed by atoms with Crippen LogP contribution < -0.4 is 56.7 Å². The van der Waals surface area contributed by atoms with Gasteiger partial charge in [0.1, 0.15) is 12.1 Å². The number of aliphatic carboxylic acids is 3. The molecule has 36 heavy (non-hydrogen) atoms. The van der Waals surface area contributed by atoms with Gasteiger partial charge in [-0.2, -0.15) is 0 Å². The van der Waals surface area contributed by atoms with Crippen LogP contribution in [-0.2, 0) is 35.1 Å². The van der Waals surface area contributed by atoms with Crippen LogP contribution >= 0.6 is 0 Å². The molecule has 1 saturated heterocycles. The number of carbonyl (C=O) groups excluding carboxylic acids is 2. The van der Waals surface area contributed by atoms with E-state index >= 15 is 0 Å². The van der Waals surface area contributed by atoms with Crippen molar-refractivity contribution in [3.63, 3.8) is 0 Å². The van der Waals surface area contributed by atoms with E-state index in [9.17, 15) is 29.1 Å². The fraction of sp³-hybridized carbons (Fsp3) is 0.458. The molecule has 1 heterocycles. The molecule has 11 nitrogen and oxygen atoms in total. The number of rotatable bonds is 11. The van der Waals surface area contributed by atoms with Crippen molar-refractivity contribution < 1.29 is 96.8 Å². The van der Waals surface area contributed by atoms with Gasteiger partial charge in [0, 0.05) is 18.7 Å². The predicted molar refractivity (Wildman–Crippen MR) is 126 cm³/mol. The maximum atomic E-state index is 12.7. The molecule has 1 aliphatic rings. The second-order valence-electron chi connectivity index (χ2n) is 7.75. The minimum Gasteiger partial charge on any atom is -1.00 e. The summed E-state index contributed by atoms with van der Waals surface area (Å²) in [7, 11) is 0. The summed E-state index contributed by atoms with van der Waals surface area (Å²) < 4.78 is 5.14.